The number of carbonyl (C=O) groups excluding carboxylic acids is 1. The number of hydrogen-bond donors (Lipinski definition) is 1. The van der Waals surface area contributed by atoms with Gasteiger partial charge in [-0.2, -0.15) is 0 Å². The van der Waals surface area contributed by atoms with E-state index in [1.165, 1.54) is 4.90 Å². The number of H-pyrrole nitrogens is 1. The van der Waals surface area contributed by atoms with Crippen molar-refractivity contribution in [1.29, 1.82) is 0 Å². The third kappa shape index (κ3) is 3.87. The molecule has 5 rings (SSSR count). The maximum absolute atomic E-state index is 13.1. The molecule has 3 heterocycles. The smallest absolute Gasteiger partial charge is 0.289 e. The molecule has 1 fully saturated rings. The van der Waals surface area contributed by atoms with E-state index in [0.29, 0.717) is 24.8 Å². The molecule has 6 heteroatoms. The Kier molecular flexibility index (Phi) is 5.32. The zero-order valence-corrected chi connectivity index (χ0v) is 17.4. The second kappa shape index (κ2) is 8.40. The monoisotopic (exact) mass is 417 g/mol. The molecule has 5 nitrogen and oxygen atoms in total. The molecule has 30 heavy (non-hydrogen) atoms. The van der Waals surface area contributed by atoms with Crippen molar-refractivity contribution in [2.24, 2.45) is 0 Å². The number of rotatable bonds is 5. The van der Waals surface area contributed by atoms with Crippen LogP contribution in [0.25, 0.3) is 11.0 Å². The van der Waals surface area contributed by atoms with E-state index in [2.05, 4.69) is 23.2 Å². The lowest BCUT2D eigenvalue weighted by Gasteiger charge is -2.30. The first-order valence-corrected chi connectivity index (χ1v) is 11.2. The number of para-hydroxylation sites is 2. The lowest BCUT2D eigenvalue weighted by atomic mass is 9.96. The Balaban J connectivity index is 1.22. The van der Waals surface area contributed by atoms with Gasteiger partial charge in [-0.15, -0.1) is 11.8 Å². The number of amides is 1. The molecule has 2 aromatic carbocycles. The molecule has 4 aromatic rings. The van der Waals surface area contributed by atoms with Crippen LogP contribution in [0.15, 0.2) is 76.2 Å². The standard InChI is InChI=1S/C24H23N3O2S/c28-24(22-18(12-15-29-22)16-30-19-6-2-1-3-7-19)27-13-10-17(11-14-27)23-25-20-8-4-5-9-21(20)26-23/h1-9,12,15,17H,10-11,13-14,16H2,(H,25,26). The Hall–Kier alpha value is -2.99. The van der Waals surface area contributed by atoms with E-state index >= 15 is 0 Å². The van der Waals surface area contributed by atoms with Crippen LogP contribution in [0.3, 0.4) is 0 Å². The number of nitrogens with zero attached hydrogens (tertiary/aromatic N) is 2. The van der Waals surface area contributed by atoms with Crippen LogP contribution in [0.2, 0.25) is 0 Å². The Morgan fingerprint density at radius 2 is 1.83 bits per heavy atom. The lowest BCUT2D eigenvalue weighted by molar-refractivity contribution is 0.0678. The van der Waals surface area contributed by atoms with Gasteiger partial charge in [-0.1, -0.05) is 30.3 Å². The number of aromatic nitrogens is 2. The van der Waals surface area contributed by atoms with Crippen LogP contribution in [-0.2, 0) is 5.75 Å². The minimum Gasteiger partial charge on any atom is -0.459 e. The zero-order chi connectivity index (χ0) is 20.3. The van der Waals surface area contributed by atoms with E-state index in [9.17, 15) is 4.79 Å². The summed E-state index contributed by atoms with van der Waals surface area (Å²) in [5.41, 5.74) is 3.03. The number of likely N-dealkylation sites (tertiary alicyclic amines) is 1. The minimum atomic E-state index is -0.00767. The molecule has 0 atom stereocenters. The van der Waals surface area contributed by atoms with Gasteiger partial charge < -0.3 is 14.3 Å². The largest absolute Gasteiger partial charge is 0.459 e. The van der Waals surface area contributed by atoms with Crippen molar-refractivity contribution in [2.45, 2.75) is 29.4 Å². The lowest BCUT2D eigenvalue weighted by Crippen LogP contribution is -2.38. The van der Waals surface area contributed by atoms with Gasteiger partial charge in [0.2, 0.25) is 0 Å². The highest BCUT2D eigenvalue weighted by atomic mass is 32.2. The predicted octanol–water partition coefficient (Wildman–Crippen LogP) is 5.47. The highest BCUT2D eigenvalue weighted by Crippen LogP contribution is 2.30. The minimum absolute atomic E-state index is 0.00767. The number of carbonyl (C=O) groups is 1. The van der Waals surface area contributed by atoms with Gasteiger partial charge in [0.25, 0.3) is 5.91 Å². The Morgan fingerprint density at radius 3 is 2.63 bits per heavy atom. The number of benzene rings is 2. The second-order valence-corrected chi connectivity index (χ2v) is 8.63. The first-order valence-electron chi connectivity index (χ1n) is 10.3. The molecule has 1 aliphatic heterocycles. The highest BCUT2D eigenvalue weighted by molar-refractivity contribution is 7.98. The van der Waals surface area contributed by atoms with Gasteiger partial charge in [0.05, 0.1) is 17.3 Å². The quantitative estimate of drug-likeness (QED) is 0.438. The van der Waals surface area contributed by atoms with Crippen LogP contribution in [0.4, 0.5) is 0 Å². The predicted molar refractivity (Wildman–Crippen MR) is 119 cm³/mol. The maximum atomic E-state index is 13.1. The fourth-order valence-electron chi connectivity index (χ4n) is 3.98. The molecule has 2 aromatic heterocycles. The van der Waals surface area contributed by atoms with Crippen LogP contribution < -0.4 is 0 Å². The van der Waals surface area contributed by atoms with Crippen molar-refractivity contribution < 1.29 is 9.21 Å². The number of aromatic amines is 1. The Bertz CT molecular complexity index is 1110. The van der Waals surface area contributed by atoms with Crippen LogP contribution in [0.1, 0.15) is 40.7 Å². The van der Waals surface area contributed by atoms with Crippen molar-refractivity contribution in [3.63, 3.8) is 0 Å². The fourth-order valence-corrected chi connectivity index (χ4v) is 4.88. The molecule has 1 aliphatic rings. The van der Waals surface area contributed by atoms with E-state index < -0.39 is 0 Å². The van der Waals surface area contributed by atoms with Crippen molar-refractivity contribution in [2.75, 3.05) is 13.1 Å². The molecule has 0 unspecified atom stereocenters. The van der Waals surface area contributed by atoms with Gasteiger partial charge >= 0.3 is 0 Å². The number of fused-ring (bicyclic) bond motifs is 1. The molecule has 152 valence electrons. The van der Waals surface area contributed by atoms with Crippen molar-refractivity contribution in [1.82, 2.24) is 14.9 Å². The Morgan fingerprint density at radius 1 is 1.07 bits per heavy atom. The van der Waals surface area contributed by atoms with Crippen LogP contribution >= 0.6 is 11.8 Å². The molecule has 1 amide bonds. The van der Waals surface area contributed by atoms with Gasteiger partial charge in [0.15, 0.2) is 5.76 Å². The third-order valence-electron chi connectivity index (χ3n) is 5.66. The zero-order valence-electron chi connectivity index (χ0n) is 16.6. The molecular weight excluding hydrogens is 394 g/mol. The van der Waals surface area contributed by atoms with E-state index in [-0.39, 0.29) is 5.91 Å². The van der Waals surface area contributed by atoms with E-state index in [4.69, 9.17) is 9.40 Å². The first kappa shape index (κ1) is 19.0. The van der Waals surface area contributed by atoms with Crippen LogP contribution in [-0.4, -0.2) is 33.9 Å². The highest BCUT2D eigenvalue weighted by Gasteiger charge is 2.28. The average molecular weight is 418 g/mol. The van der Waals surface area contributed by atoms with Gasteiger partial charge in [-0.05, 0) is 43.2 Å². The fraction of sp³-hybridized carbons (Fsp3) is 0.250. The topological polar surface area (TPSA) is 62.1 Å². The van der Waals surface area contributed by atoms with Crippen molar-refractivity contribution in [3.8, 4) is 0 Å². The van der Waals surface area contributed by atoms with Gasteiger partial charge in [-0.3, -0.25) is 4.79 Å². The summed E-state index contributed by atoms with van der Waals surface area (Å²) in [5.74, 6) is 2.57. The molecule has 0 aliphatic carbocycles. The van der Waals surface area contributed by atoms with Crippen molar-refractivity contribution in [3.05, 3.63) is 84.1 Å². The number of imidazole rings is 1. The molecule has 1 saturated heterocycles. The number of thioether (sulfide) groups is 1. The summed E-state index contributed by atoms with van der Waals surface area (Å²) in [5, 5.41) is 0. The molecule has 0 radical (unpaired) electrons. The molecule has 1 N–H and O–H groups in total. The van der Waals surface area contributed by atoms with E-state index in [0.717, 1.165) is 41.0 Å². The van der Waals surface area contributed by atoms with Crippen LogP contribution in [0.5, 0.6) is 0 Å². The first-order chi connectivity index (χ1) is 14.8. The number of nitrogens with one attached hydrogen (secondary N) is 1. The number of hydrogen-bond acceptors (Lipinski definition) is 4. The normalized spacial score (nSPS) is 15.0. The number of furan rings is 1. The third-order valence-corrected chi connectivity index (χ3v) is 6.72. The summed E-state index contributed by atoms with van der Waals surface area (Å²) in [6.07, 6.45) is 3.43. The molecule has 0 saturated carbocycles. The molecule has 0 bridgehead atoms. The summed E-state index contributed by atoms with van der Waals surface area (Å²) in [6, 6.07) is 20.2. The Labute approximate surface area is 179 Å². The summed E-state index contributed by atoms with van der Waals surface area (Å²) >= 11 is 1.71. The van der Waals surface area contributed by atoms with Crippen LogP contribution in [0, 0.1) is 0 Å². The maximum Gasteiger partial charge on any atom is 0.289 e. The van der Waals surface area contributed by atoms with Gasteiger partial charge in [-0.25, -0.2) is 4.98 Å². The molecular formula is C24H23N3O2S. The van der Waals surface area contributed by atoms with Gasteiger partial charge in [0, 0.05) is 35.2 Å². The average Bonchev–Trinajstić information content (AvgIpc) is 3.45. The van der Waals surface area contributed by atoms with Crippen molar-refractivity contribution >= 4 is 28.7 Å². The SMILES string of the molecule is O=C(c1occc1CSc1ccccc1)N1CCC(c2nc3ccccc3[nH]2)CC1. The summed E-state index contributed by atoms with van der Waals surface area (Å²) in [6.45, 7) is 1.43. The summed E-state index contributed by atoms with van der Waals surface area (Å²) in [4.78, 5) is 24.4. The van der Waals surface area contributed by atoms with E-state index in [1.54, 1.807) is 18.0 Å². The van der Waals surface area contributed by atoms with Gasteiger partial charge in [0.1, 0.15) is 5.82 Å². The van der Waals surface area contributed by atoms with E-state index in [1.807, 2.05) is 47.4 Å². The number of piperidine rings is 1. The summed E-state index contributed by atoms with van der Waals surface area (Å²) < 4.78 is 5.60. The summed E-state index contributed by atoms with van der Waals surface area (Å²) in [7, 11) is 0. The molecule has 0 spiro atoms. The second-order valence-electron chi connectivity index (χ2n) is 7.58.